The molecule has 0 unspecified atom stereocenters. The molecule has 1 aromatic heterocycles. The standard InChI is InChI=1S/C9H6Cl2N2/c1-5-12-4-7-8(11)2-6(10)3-9(7)13-5/h2-4H,1H3. The van der Waals surface area contributed by atoms with Crippen LogP contribution in [0.3, 0.4) is 0 Å². The third kappa shape index (κ3) is 1.60. The molecular formula is C9H6Cl2N2. The van der Waals surface area contributed by atoms with Crippen molar-refractivity contribution < 1.29 is 0 Å². The Hall–Kier alpha value is -0.860. The van der Waals surface area contributed by atoms with Crippen molar-refractivity contribution in [3.63, 3.8) is 0 Å². The second kappa shape index (κ2) is 3.13. The molecule has 0 saturated carbocycles. The second-order valence-electron chi connectivity index (χ2n) is 2.74. The Morgan fingerprint density at radius 3 is 2.77 bits per heavy atom. The van der Waals surface area contributed by atoms with Crippen LogP contribution in [-0.2, 0) is 0 Å². The van der Waals surface area contributed by atoms with Crippen LogP contribution in [0.25, 0.3) is 10.9 Å². The van der Waals surface area contributed by atoms with Crippen LogP contribution in [0.1, 0.15) is 5.82 Å². The number of hydrogen-bond donors (Lipinski definition) is 0. The number of benzene rings is 1. The third-order valence-corrected chi connectivity index (χ3v) is 2.27. The summed E-state index contributed by atoms with van der Waals surface area (Å²) in [6.45, 7) is 1.83. The van der Waals surface area contributed by atoms with Crippen LogP contribution in [0, 0.1) is 6.92 Å². The average molecular weight is 213 g/mol. The normalized spacial score (nSPS) is 10.7. The molecule has 2 nitrogen and oxygen atoms in total. The van der Waals surface area contributed by atoms with E-state index in [0.29, 0.717) is 15.9 Å². The number of halogens is 2. The summed E-state index contributed by atoms with van der Waals surface area (Å²) in [5, 5.41) is 2.01. The highest BCUT2D eigenvalue weighted by Gasteiger charge is 2.02. The van der Waals surface area contributed by atoms with E-state index in [1.165, 1.54) is 0 Å². The number of nitrogens with zero attached hydrogens (tertiary/aromatic N) is 2. The van der Waals surface area contributed by atoms with Gasteiger partial charge in [-0.15, -0.1) is 0 Å². The van der Waals surface area contributed by atoms with E-state index in [1.54, 1.807) is 18.3 Å². The zero-order chi connectivity index (χ0) is 9.42. The highest BCUT2D eigenvalue weighted by molar-refractivity contribution is 6.38. The summed E-state index contributed by atoms with van der Waals surface area (Å²) in [7, 11) is 0. The highest BCUT2D eigenvalue weighted by atomic mass is 35.5. The Bertz CT molecular complexity index is 463. The Morgan fingerprint density at radius 1 is 1.23 bits per heavy atom. The van der Waals surface area contributed by atoms with Crippen LogP contribution >= 0.6 is 23.2 Å². The van der Waals surface area contributed by atoms with Crippen molar-refractivity contribution in [1.29, 1.82) is 0 Å². The summed E-state index contributed by atoms with van der Waals surface area (Å²) in [4.78, 5) is 8.28. The van der Waals surface area contributed by atoms with Gasteiger partial charge in [0, 0.05) is 16.6 Å². The van der Waals surface area contributed by atoms with Crippen LogP contribution in [0.15, 0.2) is 18.3 Å². The minimum absolute atomic E-state index is 0.586. The Morgan fingerprint density at radius 2 is 2.00 bits per heavy atom. The minimum Gasteiger partial charge on any atom is -0.241 e. The molecule has 13 heavy (non-hydrogen) atoms. The van der Waals surface area contributed by atoms with Crippen LogP contribution in [-0.4, -0.2) is 9.97 Å². The maximum atomic E-state index is 5.95. The van der Waals surface area contributed by atoms with Crippen molar-refractivity contribution in [1.82, 2.24) is 9.97 Å². The quantitative estimate of drug-likeness (QED) is 0.671. The molecule has 0 bridgehead atoms. The lowest BCUT2D eigenvalue weighted by Crippen LogP contribution is -1.88. The van der Waals surface area contributed by atoms with Gasteiger partial charge in [0.1, 0.15) is 5.82 Å². The number of hydrogen-bond acceptors (Lipinski definition) is 2. The summed E-state index contributed by atoms with van der Waals surface area (Å²) in [6, 6.07) is 3.46. The van der Waals surface area contributed by atoms with Gasteiger partial charge in [0.2, 0.25) is 0 Å². The van der Waals surface area contributed by atoms with Gasteiger partial charge in [-0.3, -0.25) is 0 Å². The van der Waals surface area contributed by atoms with Gasteiger partial charge < -0.3 is 0 Å². The van der Waals surface area contributed by atoms with E-state index in [4.69, 9.17) is 23.2 Å². The van der Waals surface area contributed by atoms with Crippen molar-refractivity contribution >= 4 is 34.1 Å². The first-order valence-corrected chi connectivity index (χ1v) is 4.51. The van der Waals surface area contributed by atoms with E-state index >= 15 is 0 Å². The van der Waals surface area contributed by atoms with Gasteiger partial charge in [-0.2, -0.15) is 0 Å². The molecule has 0 saturated heterocycles. The minimum atomic E-state index is 0.586. The molecule has 4 heteroatoms. The summed E-state index contributed by atoms with van der Waals surface area (Å²) in [5.41, 5.74) is 0.782. The largest absolute Gasteiger partial charge is 0.241 e. The Balaban J connectivity index is 2.86. The summed E-state index contributed by atoms with van der Waals surface area (Å²) < 4.78 is 0. The van der Waals surface area contributed by atoms with Gasteiger partial charge in [-0.25, -0.2) is 9.97 Å². The molecule has 0 spiro atoms. The fraction of sp³-hybridized carbons (Fsp3) is 0.111. The van der Waals surface area contributed by atoms with Crippen LogP contribution < -0.4 is 0 Å². The first-order valence-electron chi connectivity index (χ1n) is 3.75. The van der Waals surface area contributed by atoms with Crippen molar-refractivity contribution in [2.45, 2.75) is 6.92 Å². The molecule has 1 heterocycles. The summed E-state index contributed by atoms with van der Waals surface area (Å²) in [6.07, 6.45) is 1.70. The fourth-order valence-electron chi connectivity index (χ4n) is 1.15. The molecule has 0 aliphatic heterocycles. The monoisotopic (exact) mass is 212 g/mol. The predicted molar refractivity (Wildman–Crippen MR) is 54.3 cm³/mol. The SMILES string of the molecule is Cc1ncc2c(Cl)cc(Cl)cc2n1. The smallest absolute Gasteiger partial charge is 0.125 e. The molecule has 0 amide bonds. The topological polar surface area (TPSA) is 25.8 Å². The van der Waals surface area contributed by atoms with Crippen molar-refractivity contribution in [2.75, 3.05) is 0 Å². The number of aromatic nitrogens is 2. The van der Waals surface area contributed by atoms with Crippen molar-refractivity contribution in [3.8, 4) is 0 Å². The van der Waals surface area contributed by atoms with E-state index in [0.717, 1.165) is 10.9 Å². The molecule has 0 atom stereocenters. The van der Waals surface area contributed by atoms with E-state index in [9.17, 15) is 0 Å². The van der Waals surface area contributed by atoms with Crippen LogP contribution in [0.2, 0.25) is 10.0 Å². The zero-order valence-electron chi connectivity index (χ0n) is 6.88. The molecule has 66 valence electrons. The molecular weight excluding hydrogens is 207 g/mol. The lowest BCUT2D eigenvalue weighted by atomic mass is 10.2. The van der Waals surface area contributed by atoms with Crippen LogP contribution in [0.4, 0.5) is 0 Å². The highest BCUT2D eigenvalue weighted by Crippen LogP contribution is 2.25. The maximum Gasteiger partial charge on any atom is 0.125 e. The predicted octanol–water partition coefficient (Wildman–Crippen LogP) is 3.25. The second-order valence-corrected chi connectivity index (χ2v) is 3.58. The maximum absolute atomic E-state index is 5.95. The molecule has 0 aliphatic carbocycles. The zero-order valence-corrected chi connectivity index (χ0v) is 8.39. The molecule has 0 aliphatic rings. The molecule has 2 rings (SSSR count). The number of fused-ring (bicyclic) bond motifs is 1. The van der Waals surface area contributed by atoms with Gasteiger partial charge in [0.15, 0.2) is 0 Å². The first kappa shape index (κ1) is 8.73. The first-order chi connectivity index (χ1) is 6.16. The van der Waals surface area contributed by atoms with Gasteiger partial charge in [0.05, 0.1) is 10.5 Å². The van der Waals surface area contributed by atoms with E-state index in [-0.39, 0.29) is 0 Å². The Labute approximate surface area is 85.5 Å². The van der Waals surface area contributed by atoms with Gasteiger partial charge >= 0.3 is 0 Å². The van der Waals surface area contributed by atoms with Crippen molar-refractivity contribution in [2.24, 2.45) is 0 Å². The van der Waals surface area contributed by atoms with E-state index < -0.39 is 0 Å². The average Bonchev–Trinajstić information content (AvgIpc) is 2.02. The lowest BCUT2D eigenvalue weighted by Gasteiger charge is -2.00. The summed E-state index contributed by atoms with van der Waals surface area (Å²) >= 11 is 11.8. The molecule has 0 radical (unpaired) electrons. The van der Waals surface area contributed by atoms with E-state index in [1.807, 2.05) is 6.92 Å². The third-order valence-electron chi connectivity index (χ3n) is 1.74. The molecule has 2 aromatic rings. The molecule has 0 N–H and O–H groups in total. The fourth-order valence-corrected chi connectivity index (χ4v) is 1.68. The molecule has 1 aromatic carbocycles. The number of aryl methyl sites for hydroxylation is 1. The Kier molecular flexibility index (Phi) is 2.10. The van der Waals surface area contributed by atoms with Gasteiger partial charge in [0.25, 0.3) is 0 Å². The van der Waals surface area contributed by atoms with E-state index in [2.05, 4.69) is 9.97 Å². The van der Waals surface area contributed by atoms with Gasteiger partial charge in [-0.05, 0) is 19.1 Å². The van der Waals surface area contributed by atoms with Gasteiger partial charge in [-0.1, -0.05) is 23.2 Å². The summed E-state index contributed by atoms with van der Waals surface area (Å²) in [5.74, 6) is 0.714. The van der Waals surface area contributed by atoms with Crippen LogP contribution in [0.5, 0.6) is 0 Å². The molecule has 0 fully saturated rings. The number of rotatable bonds is 0. The van der Waals surface area contributed by atoms with Crippen molar-refractivity contribution in [3.05, 3.63) is 34.2 Å². The lowest BCUT2D eigenvalue weighted by molar-refractivity contribution is 1.09.